The van der Waals surface area contributed by atoms with Gasteiger partial charge in [-0.1, -0.05) is 23.4 Å². The highest BCUT2D eigenvalue weighted by atomic mass is 127. The minimum Gasteiger partial charge on any atom is -0.490 e. The molecule has 1 saturated heterocycles. The van der Waals surface area contributed by atoms with Crippen LogP contribution in [0.3, 0.4) is 0 Å². The molecule has 10 heteroatoms. The molecule has 1 aliphatic heterocycles. The van der Waals surface area contributed by atoms with Gasteiger partial charge in [0.2, 0.25) is 5.82 Å². The van der Waals surface area contributed by atoms with Gasteiger partial charge in [-0.2, -0.15) is 10.2 Å². The van der Waals surface area contributed by atoms with Gasteiger partial charge in [0, 0.05) is 53.1 Å². The van der Waals surface area contributed by atoms with E-state index in [-0.39, 0.29) is 18.2 Å². The first kappa shape index (κ1) is 25.5. The largest absolute Gasteiger partial charge is 0.490 e. The van der Waals surface area contributed by atoms with Gasteiger partial charge in [-0.25, -0.2) is 7.91 Å². The van der Waals surface area contributed by atoms with Crippen molar-refractivity contribution in [1.29, 1.82) is 5.26 Å². The SMILES string of the molecule is CC(C)Oc1ccc(-c2nc(-c3cccc4c3CC[C@@H]4NC(=O)N3CC[C@@H](N(C)I)C3)no2)cc1C#N. The van der Waals surface area contributed by atoms with Gasteiger partial charge in [-0.05, 0) is 69.5 Å². The third-order valence-electron chi connectivity index (χ3n) is 6.90. The maximum Gasteiger partial charge on any atom is 0.317 e. The van der Waals surface area contributed by atoms with E-state index in [0.29, 0.717) is 34.6 Å². The van der Waals surface area contributed by atoms with Crippen molar-refractivity contribution in [1.82, 2.24) is 23.5 Å². The van der Waals surface area contributed by atoms with E-state index in [4.69, 9.17) is 9.26 Å². The number of nitrogens with zero attached hydrogens (tertiary/aromatic N) is 5. The minimum atomic E-state index is -0.0445. The van der Waals surface area contributed by atoms with E-state index in [9.17, 15) is 10.1 Å². The normalized spacial score (nSPS) is 18.8. The molecule has 5 rings (SSSR count). The summed E-state index contributed by atoms with van der Waals surface area (Å²) in [6.07, 6.45) is 2.60. The molecular formula is C27H29IN6O3. The fraction of sp³-hybridized carbons (Fsp3) is 0.407. The van der Waals surface area contributed by atoms with Crippen LogP contribution in [0.4, 0.5) is 4.79 Å². The number of aromatic nitrogens is 2. The molecule has 2 aromatic carbocycles. The zero-order valence-corrected chi connectivity index (χ0v) is 23.2. The van der Waals surface area contributed by atoms with Gasteiger partial charge >= 0.3 is 6.03 Å². The topological polar surface area (TPSA) is 108 Å². The monoisotopic (exact) mass is 612 g/mol. The van der Waals surface area contributed by atoms with Crippen LogP contribution in [0.1, 0.15) is 49.4 Å². The summed E-state index contributed by atoms with van der Waals surface area (Å²) in [6.45, 7) is 5.35. The van der Waals surface area contributed by atoms with Crippen LogP contribution in [0, 0.1) is 11.3 Å². The molecule has 1 fully saturated rings. The van der Waals surface area contributed by atoms with E-state index in [2.05, 4.69) is 53.6 Å². The molecule has 37 heavy (non-hydrogen) atoms. The lowest BCUT2D eigenvalue weighted by atomic mass is 10.0. The molecule has 0 bridgehead atoms. The van der Waals surface area contributed by atoms with Crippen molar-refractivity contribution in [2.45, 2.75) is 51.3 Å². The second kappa shape index (κ2) is 10.7. The molecule has 2 amide bonds. The highest BCUT2D eigenvalue weighted by Crippen LogP contribution is 2.38. The number of fused-ring (bicyclic) bond motifs is 1. The Morgan fingerprint density at radius 3 is 2.89 bits per heavy atom. The lowest BCUT2D eigenvalue weighted by Gasteiger charge is -2.22. The number of nitriles is 1. The lowest BCUT2D eigenvalue weighted by Crippen LogP contribution is -2.41. The number of likely N-dealkylation sites (tertiary alicyclic amines) is 1. The van der Waals surface area contributed by atoms with E-state index in [1.807, 2.05) is 44.0 Å². The Bertz CT molecular complexity index is 1350. The van der Waals surface area contributed by atoms with Gasteiger partial charge < -0.3 is 19.5 Å². The number of benzene rings is 2. The molecule has 192 valence electrons. The van der Waals surface area contributed by atoms with Gasteiger partial charge in [0.15, 0.2) is 0 Å². The maximum atomic E-state index is 13.0. The van der Waals surface area contributed by atoms with Crippen molar-refractivity contribution in [3.63, 3.8) is 0 Å². The number of likely N-dealkylation sites (N-methyl/N-ethyl adjacent to an activating group) is 1. The van der Waals surface area contributed by atoms with Crippen LogP contribution in [0.2, 0.25) is 0 Å². The quantitative estimate of drug-likeness (QED) is 0.305. The molecule has 1 N–H and O–H groups in total. The zero-order valence-electron chi connectivity index (χ0n) is 21.1. The van der Waals surface area contributed by atoms with Crippen LogP contribution < -0.4 is 10.1 Å². The summed E-state index contributed by atoms with van der Waals surface area (Å²) in [6, 6.07) is 13.8. The maximum absolute atomic E-state index is 13.0. The van der Waals surface area contributed by atoms with Crippen LogP contribution in [0.25, 0.3) is 22.8 Å². The molecule has 1 aromatic heterocycles. The molecule has 0 saturated carbocycles. The number of amides is 2. The first-order valence-corrected chi connectivity index (χ1v) is 13.4. The molecule has 9 nitrogen and oxygen atoms in total. The highest BCUT2D eigenvalue weighted by molar-refractivity contribution is 14.1. The number of urea groups is 1. The van der Waals surface area contributed by atoms with Crippen molar-refractivity contribution in [2.75, 3.05) is 20.1 Å². The Morgan fingerprint density at radius 2 is 2.16 bits per heavy atom. The highest BCUT2D eigenvalue weighted by Gasteiger charge is 2.32. The number of ether oxygens (including phenoxy) is 1. The lowest BCUT2D eigenvalue weighted by molar-refractivity contribution is 0.202. The Morgan fingerprint density at radius 1 is 1.32 bits per heavy atom. The number of rotatable bonds is 6. The third-order valence-corrected chi connectivity index (χ3v) is 7.69. The molecule has 2 heterocycles. The third kappa shape index (κ3) is 5.29. The number of halogens is 1. The second-order valence-electron chi connectivity index (χ2n) is 9.74. The number of hydrogen-bond acceptors (Lipinski definition) is 7. The minimum absolute atomic E-state index is 0.0101. The Balaban J connectivity index is 1.34. The van der Waals surface area contributed by atoms with Crippen molar-refractivity contribution >= 4 is 28.9 Å². The summed E-state index contributed by atoms with van der Waals surface area (Å²) in [5.74, 6) is 1.36. The fourth-order valence-corrected chi connectivity index (χ4v) is 5.48. The molecular weight excluding hydrogens is 583 g/mol. The van der Waals surface area contributed by atoms with Crippen molar-refractivity contribution in [2.24, 2.45) is 0 Å². The summed E-state index contributed by atoms with van der Waals surface area (Å²) in [4.78, 5) is 19.5. The van der Waals surface area contributed by atoms with Crippen LogP contribution in [-0.2, 0) is 6.42 Å². The molecule has 2 aliphatic rings. The summed E-state index contributed by atoms with van der Waals surface area (Å²) in [7, 11) is 2.05. The number of nitrogens with one attached hydrogen (secondary N) is 1. The van der Waals surface area contributed by atoms with Crippen LogP contribution >= 0.6 is 22.9 Å². The smallest absolute Gasteiger partial charge is 0.317 e. The first-order valence-electron chi connectivity index (χ1n) is 12.4. The fourth-order valence-electron chi connectivity index (χ4n) is 5.03. The van der Waals surface area contributed by atoms with Crippen molar-refractivity contribution in [3.05, 3.63) is 53.1 Å². The molecule has 3 aromatic rings. The van der Waals surface area contributed by atoms with Crippen LogP contribution in [0.5, 0.6) is 5.75 Å². The number of hydrogen-bond donors (Lipinski definition) is 1. The van der Waals surface area contributed by atoms with Crippen molar-refractivity contribution < 1.29 is 14.1 Å². The van der Waals surface area contributed by atoms with E-state index in [1.165, 1.54) is 0 Å². The molecule has 1 aliphatic carbocycles. The molecule has 0 radical (unpaired) electrons. The van der Waals surface area contributed by atoms with Gasteiger partial charge in [-0.15, -0.1) is 0 Å². The predicted octanol–water partition coefficient (Wildman–Crippen LogP) is 5.12. The molecule has 2 atom stereocenters. The average Bonchev–Trinajstić information content (AvgIpc) is 3.64. The Kier molecular flexibility index (Phi) is 7.35. The average molecular weight is 612 g/mol. The van der Waals surface area contributed by atoms with E-state index in [1.54, 1.807) is 12.1 Å². The van der Waals surface area contributed by atoms with Gasteiger partial charge in [0.05, 0.1) is 17.7 Å². The summed E-state index contributed by atoms with van der Waals surface area (Å²) in [5, 5.41) is 17.0. The summed E-state index contributed by atoms with van der Waals surface area (Å²) in [5.41, 5.74) is 4.20. The summed E-state index contributed by atoms with van der Waals surface area (Å²) < 4.78 is 13.4. The van der Waals surface area contributed by atoms with Gasteiger partial charge in [0.25, 0.3) is 5.89 Å². The summed E-state index contributed by atoms with van der Waals surface area (Å²) >= 11 is 2.29. The van der Waals surface area contributed by atoms with Crippen molar-refractivity contribution in [3.8, 4) is 34.7 Å². The van der Waals surface area contributed by atoms with Crippen LogP contribution in [0.15, 0.2) is 40.9 Å². The number of carbonyl (C=O) groups excluding carboxylic acids is 1. The van der Waals surface area contributed by atoms with E-state index < -0.39 is 0 Å². The second-order valence-corrected chi connectivity index (χ2v) is 11.3. The van der Waals surface area contributed by atoms with Crippen LogP contribution in [-0.4, -0.2) is 56.5 Å². The van der Waals surface area contributed by atoms with Gasteiger partial charge in [0.1, 0.15) is 11.8 Å². The first-order chi connectivity index (χ1) is 17.8. The zero-order chi connectivity index (χ0) is 26.1. The standard InChI is InChI=1S/C27H29IN6O3/c1-16(2)36-24-10-7-17(13-18(24)14-29)26-31-25(32-37-26)22-6-4-5-21-20(22)8-9-23(21)30-27(35)34-12-11-19(15-34)33(3)28/h4-7,10,13,16,19,23H,8-9,11-12,15H2,1-3H3,(H,30,35)/t19-,23+/m1/s1. The molecule has 0 unspecified atom stereocenters. The van der Waals surface area contributed by atoms with E-state index >= 15 is 0 Å². The Labute approximate surface area is 230 Å². The van der Waals surface area contributed by atoms with E-state index in [0.717, 1.165) is 49.0 Å². The Hall–Kier alpha value is -3.17. The molecule has 0 spiro atoms. The predicted molar refractivity (Wildman–Crippen MR) is 147 cm³/mol. The van der Waals surface area contributed by atoms with Gasteiger partial charge in [-0.3, -0.25) is 0 Å². The number of carbonyl (C=O) groups is 1.